The SMILES string of the molecule is C/C=C/CC/C=C/CC/C=C/C(O)C(COC1OC(CO)C(O)C(O)C1O)NC(=O)CCCCCCC/C=C\CCCCCCCCCOC(=O)CCCCCCCCCCCCCCCCCC. The fourth-order valence-electron chi connectivity index (χ4n) is 8.70. The minimum Gasteiger partial charge on any atom is -0.466 e. The van der Waals surface area contributed by atoms with Crippen LogP contribution in [0.15, 0.2) is 48.6 Å². The third-order valence-electron chi connectivity index (χ3n) is 13.2. The van der Waals surface area contributed by atoms with Gasteiger partial charge < -0.3 is 45.1 Å². The van der Waals surface area contributed by atoms with Crippen molar-refractivity contribution in [2.24, 2.45) is 0 Å². The van der Waals surface area contributed by atoms with E-state index in [1.54, 1.807) is 6.08 Å². The van der Waals surface area contributed by atoms with Crippen molar-refractivity contribution in [1.82, 2.24) is 5.32 Å². The van der Waals surface area contributed by atoms with E-state index in [4.69, 9.17) is 14.2 Å². The number of nitrogens with one attached hydrogen (secondary N) is 1. The lowest BCUT2D eigenvalue weighted by molar-refractivity contribution is -0.302. The third kappa shape index (κ3) is 38.0. The van der Waals surface area contributed by atoms with Crippen LogP contribution in [0.4, 0.5) is 0 Å². The molecule has 11 nitrogen and oxygen atoms in total. The molecule has 0 aliphatic carbocycles. The van der Waals surface area contributed by atoms with Crippen LogP contribution in [0.3, 0.4) is 0 Å². The van der Waals surface area contributed by atoms with Crippen LogP contribution in [0.2, 0.25) is 0 Å². The van der Waals surface area contributed by atoms with Gasteiger partial charge in [-0.05, 0) is 77.6 Å². The Morgan fingerprint density at radius 1 is 0.551 bits per heavy atom. The lowest BCUT2D eigenvalue weighted by atomic mass is 9.99. The van der Waals surface area contributed by atoms with Crippen molar-refractivity contribution in [2.75, 3.05) is 19.8 Å². The van der Waals surface area contributed by atoms with Crippen molar-refractivity contribution in [3.05, 3.63) is 48.6 Å². The second-order valence-electron chi connectivity index (χ2n) is 19.6. The number of allylic oxidation sites excluding steroid dienone is 7. The van der Waals surface area contributed by atoms with E-state index in [-0.39, 0.29) is 18.5 Å². The van der Waals surface area contributed by atoms with Gasteiger partial charge >= 0.3 is 5.97 Å². The Morgan fingerprint density at radius 3 is 1.52 bits per heavy atom. The number of amides is 1. The predicted octanol–water partition coefficient (Wildman–Crippen LogP) is 12.5. The molecular weight excluding hydrogens is 871 g/mol. The van der Waals surface area contributed by atoms with Gasteiger partial charge in [0.05, 0.1) is 32.0 Å². The molecule has 1 fully saturated rings. The van der Waals surface area contributed by atoms with Crippen molar-refractivity contribution in [3.63, 3.8) is 0 Å². The summed E-state index contributed by atoms with van der Waals surface area (Å²) in [6.07, 6.45) is 49.5. The van der Waals surface area contributed by atoms with Crippen molar-refractivity contribution >= 4 is 11.9 Å². The number of hydrogen-bond donors (Lipinski definition) is 6. The molecule has 1 aliphatic heterocycles. The standard InChI is InChI=1S/C58H105NO10/c1-3-5-7-9-11-13-14-15-16-20-23-26-30-34-38-42-46-54(63)67-47-43-39-35-31-27-24-21-18-17-19-22-25-29-33-37-41-45-53(62)59-50(51(61)44-40-36-32-28-12-10-8-6-4-2)49-68-58-57(66)56(65)55(64)52(48-60)69-58/h4,6,12,17,19,28,40,44,50-52,55-58,60-61,64-66H,3,5,7-11,13-16,18,20-27,29-39,41-43,45-49H2,1-2H3,(H,59,62)/b6-4+,19-17-,28-12+,44-40+. The fourth-order valence-corrected chi connectivity index (χ4v) is 8.70. The second kappa shape index (κ2) is 47.9. The normalized spacial score (nSPS) is 19.7. The number of aliphatic hydroxyl groups excluding tert-OH is 5. The van der Waals surface area contributed by atoms with Crippen LogP contribution in [-0.4, -0.2) is 100 Å². The molecule has 1 rings (SSSR count). The molecule has 7 unspecified atom stereocenters. The van der Waals surface area contributed by atoms with Crippen LogP contribution < -0.4 is 5.32 Å². The molecule has 1 aliphatic rings. The van der Waals surface area contributed by atoms with Gasteiger partial charge in [0.15, 0.2) is 6.29 Å². The van der Waals surface area contributed by atoms with Crippen LogP contribution in [0, 0.1) is 0 Å². The molecule has 11 heteroatoms. The van der Waals surface area contributed by atoms with E-state index in [2.05, 4.69) is 42.6 Å². The fraction of sp³-hybridized carbons (Fsp3) is 0.828. The Kier molecular flexibility index (Phi) is 44.9. The molecule has 0 aromatic carbocycles. The summed E-state index contributed by atoms with van der Waals surface area (Å²) in [7, 11) is 0. The van der Waals surface area contributed by atoms with E-state index in [9.17, 15) is 35.1 Å². The number of aliphatic hydroxyl groups is 5. The van der Waals surface area contributed by atoms with Gasteiger partial charge in [0.2, 0.25) is 5.91 Å². The van der Waals surface area contributed by atoms with Crippen molar-refractivity contribution in [3.8, 4) is 0 Å². The topological polar surface area (TPSA) is 175 Å². The van der Waals surface area contributed by atoms with Crippen LogP contribution in [0.25, 0.3) is 0 Å². The first-order chi connectivity index (χ1) is 33.7. The number of carbonyl (C=O) groups is 2. The average Bonchev–Trinajstić information content (AvgIpc) is 3.34. The van der Waals surface area contributed by atoms with E-state index in [0.717, 1.165) is 89.9 Å². The summed E-state index contributed by atoms with van der Waals surface area (Å²) in [6, 6.07) is -0.846. The van der Waals surface area contributed by atoms with Gasteiger partial charge in [0.1, 0.15) is 24.4 Å². The lowest BCUT2D eigenvalue weighted by Crippen LogP contribution is -2.60. The first kappa shape index (κ1) is 64.6. The monoisotopic (exact) mass is 976 g/mol. The van der Waals surface area contributed by atoms with E-state index in [0.29, 0.717) is 25.9 Å². The molecule has 0 radical (unpaired) electrons. The van der Waals surface area contributed by atoms with Gasteiger partial charge in [0.25, 0.3) is 0 Å². The maximum Gasteiger partial charge on any atom is 0.305 e. The Labute approximate surface area is 421 Å². The number of esters is 1. The molecule has 0 aromatic heterocycles. The van der Waals surface area contributed by atoms with Crippen molar-refractivity contribution in [2.45, 2.75) is 288 Å². The minimum absolute atomic E-state index is 0.0196. The smallest absolute Gasteiger partial charge is 0.305 e. The summed E-state index contributed by atoms with van der Waals surface area (Å²) in [6.45, 7) is 4.05. The molecular formula is C58H105NO10. The van der Waals surface area contributed by atoms with Gasteiger partial charge in [-0.15, -0.1) is 0 Å². The second-order valence-corrected chi connectivity index (χ2v) is 19.6. The van der Waals surface area contributed by atoms with E-state index in [1.165, 1.54) is 122 Å². The van der Waals surface area contributed by atoms with Crippen LogP contribution in [-0.2, 0) is 23.8 Å². The highest BCUT2D eigenvalue weighted by Crippen LogP contribution is 2.23. The summed E-state index contributed by atoms with van der Waals surface area (Å²) < 4.78 is 16.6. The molecule has 0 saturated carbocycles. The average molecular weight is 976 g/mol. The number of rotatable bonds is 48. The Bertz CT molecular complexity index is 1290. The zero-order chi connectivity index (χ0) is 50.3. The lowest BCUT2D eigenvalue weighted by Gasteiger charge is -2.40. The molecule has 1 saturated heterocycles. The van der Waals surface area contributed by atoms with Gasteiger partial charge in [-0.25, -0.2) is 0 Å². The summed E-state index contributed by atoms with van der Waals surface area (Å²) in [4.78, 5) is 25.0. The number of carbonyl (C=O) groups excluding carboxylic acids is 2. The molecule has 0 spiro atoms. The van der Waals surface area contributed by atoms with Crippen LogP contribution in [0.5, 0.6) is 0 Å². The maximum absolute atomic E-state index is 13.0. The summed E-state index contributed by atoms with van der Waals surface area (Å²) in [5.41, 5.74) is 0. The van der Waals surface area contributed by atoms with Gasteiger partial charge in [-0.3, -0.25) is 9.59 Å². The number of hydrogen-bond acceptors (Lipinski definition) is 10. The van der Waals surface area contributed by atoms with Crippen molar-refractivity contribution in [1.29, 1.82) is 0 Å². The Hall–Kier alpha value is -2.38. The quantitative estimate of drug-likeness (QED) is 0.0196. The minimum atomic E-state index is -1.59. The molecule has 7 atom stereocenters. The highest BCUT2D eigenvalue weighted by atomic mass is 16.7. The number of ether oxygens (including phenoxy) is 3. The van der Waals surface area contributed by atoms with Gasteiger partial charge in [-0.1, -0.05) is 203 Å². The third-order valence-corrected chi connectivity index (χ3v) is 13.2. The Balaban J connectivity index is 2.07. The zero-order valence-corrected chi connectivity index (χ0v) is 44.0. The molecule has 6 N–H and O–H groups in total. The first-order valence-electron chi connectivity index (χ1n) is 28.4. The molecule has 402 valence electrons. The van der Waals surface area contributed by atoms with Crippen LogP contribution >= 0.6 is 0 Å². The summed E-state index contributed by atoms with van der Waals surface area (Å²) in [5, 5.41) is 54.1. The highest BCUT2D eigenvalue weighted by molar-refractivity contribution is 5.76. The highest BCUT2D eigenvalue weighted by Gasteiger charge is 2.44. The molecule has 0 aromatic rings. The van der Waals surface area contributed by atoms with Gasteiger partial charge in [-0.2, -0.15) is 0 Å². The summed E-state index contributed by atoms with van der Waals surface area (Å²) in [5.74, 6) is -0.237. The molecule has 0 bridgehead atoms. The molecule has 69 heavy (non-hydrogen) atoms. The summed E-state index contributed by atoms with van der Waals surface area (Å²) >= 11 is 0. The van der Waals surface area contributed by atoms with Gasteiger partial charge in [0, 0.05) is 12.8 Å². The zero-order valence-electron chi connectivity index (χ0n) is 44.0. The largest absolute Gasteiger partial charge is 0.466 e. The van der Waals surface area contributed by atoms with E-state index in [1.807, 2.05) is 19.1 Å². The molecule has 1 heterocycles. The predicted molar refractivity (Wildman–Crippen MR) is 283 cm³/mol. The maximum atomic E-state index is 13.0. The van der Waals surface area contributed by atoms with E-state index < -0.39 is 49.5 Å². The van der Waals surface area contributed by atoms with E-state index >= 15 is 0 Å². The number of unbranched alkanes of at least 4 members (excludes halogenated alkanes) is 29. The van der Waals surface area contributed by atoms with Crippen LogP contribution in [0.1, 0.15) is 245 Å². The van der Waals surface area contributed by atoms with Crippen molar-refractivity contribution < 1.29 is 49.3 Å². The Morgan fingerprint density at radius 2 is 1.00 bits per heavy atom. The first-order valence-corrected chi connectivity index (χ1v) is 28.4. The molecule has 1 amide bonds.